The maximum atomic E-state index is 12.8. The second-order valence-corrected chi connectivity index (χ2v) is 3.25. The third-order valence-corrected chi connectivity index (χ3v) is 2.10. The molecule has 64 valence electrons. The molecule has 0 spiro atoms. The van der Waals surface area contributed by atoms with E-state index in [0.717, 1.165) is 12.8 Å². The summed E-state index contributed by atoms with van der Waals surface area (Å²) in [5, 5.41) is 0.0874. The molecule has 3 heteroatoms. The summed E-state index contributed by atoms with van der Waals surface area (Å²) in [4.78, 5) is 0. The van der Waals surface area contributed by atoms with Crippen molar-refractivity contribution in [2.45, 2.75) is 18.9 Å². The van der Waals surface area contributed by atoms with E-state index in [1.165, 1.54) is 6.07 Å². The zero-order valence-electron chi connectivity index (χ0n) is 6.39. The van der Waals surface area contributed by atoms with E-state index < -0.39 is 5.82 Å². The Morgan fingerprint density at radius 2 is 2.17 bits per heavy atom. The van der Waals surface area contributed by atoms with Gasteiger partial charge in [0, 0.05) is 0 Å². The zero-order valence-corrected chi connectivity index (χ0v) is 7.14. The Labute approximate surface area is 75.1 Å². The van der Waals surface area contributed by atoms with Crippen LogP contribution in [-0.2, 0) is 0 Å². The van der Waals surface area contributed by atoms with Gasteiger partial charge in [-0.15, -0.1) is 0 Å². The number of rotatable bonds is 2. The molecule has 1 aliphatic rings. The Morgan fingerprint density at radius 1 is 1.42 bits per heavy atom. The highest BCUT2D eigenvalue weighted by Gasteiger charge is 2.24. The topological polar surface area (TPSA) is 9.23 Å². The summed E-state index contributed by atoms with van der Waals surface area (Å²) in [6, 6.07) is 4.60. The summed E-state index contributed by atoms with van der Waals surface area (Å²) in [6.45, 7) is 0. The molecule has 1 aliphatic carbocycles. The van der Waals surface area contributed by atoms with Crippen LogP contribution in [0.3, 0.4) is 0 Å². The van der Waals surface area contributed by atoms with Crippen LogP contribution in [0, 0.1) is 5.82 Å². The van der Waals surface area contributed by atoms with Gasteiger partial charge in [0.1, 0.15) is 16.6 Å². The minimum Gasteiger partial charge on any atom is -0.489 e. The fraction of sp³-hybridized carbons (Fsp3) is 0.333. The van der Waals surface area contributed by atoms with Gasteiger partial charge in [-0.1, -0.05) is 17.7 Å². The minimum atomic E-state index is -0.421. The molecule has 0 atom stereocenters. The standard InChI is InChI=1S/C9H8ClFO/c10-9-7(11)2-1-3-8(9)12-6-4-5-6/h1-3,6H,4-5H2. The van der Waals surface area contributed by atoms with Crippen LogP contribution in [0.4, 0.5) is 4.39 Å². The quantitative estimate of drug-likeness (QED) is 0.690. The van der Waals surface area contributed by atoms with Gasteiger partial charge in [-0.25, -0.2) is 4.39 Å². The Balaban J connectivity index is 2.23. The average molecular weight is 187 g/mol. The normalized spacial score (nSPS) is 16.2. The smallest absolute Gasteiger partial charge is 0.145 e. The predicted octanol–water partition coefficient (Wildman–Crippen LogP) is 3.02. The third kappa shape index (κ3) is 1.53. The van der Waals surface area contributed by atoms with Crippen molar-refractivity contribution in [1.82, 2.24) is 0 Å². The van der Waals surface area contributed by atoms with Crippen molar-refractivity contribution in [3.63, 3.8) is 0 Å². The lowest BCUT2D eigenvalue weighted by Crippen LogP contribution is -1.96. The first kappa shape index (κ1) is 7.87. The van der Waals surface area contributed by atoms with Gasteiger partial charge >= 0.3 is 0 Å². The van der Waals surface area contributed by atoms with Gasteiger partial charge < -0.3 is 4.74 Å². The van der Waals surface area contributed by atoms with Crippen molar-refractivity contribution in [1.29, 1.82) is 0 Å². The van der Waals surface area contributed by atoms with Gasteiger partial charge in [0.2, 0.25) is 0 Å². The van der Waals surface area contributed by atoms with Crippen LogP contribution in [0.25, 0.3) is 0 Å². The number of halogens is 2. The van der Waals surface area contributed by atoms with Crippen molar-refractivity contribution < 1.29 is 9.13 Å². The lowest BCUT2D eigenvalue weighted by atomic mass is 10.3. The summed E-state index contributed by atoms with van der Waals surface area (Å²) >= 11 is 5.67. The molecule has 0 N–H and O–H groups in total. The first-order chi connectivity index (χ1) is 5.77. The minimum absolute atomic E-state index is 0.0874. The van der Waals surface area contributed by atoms with Crippen molar-refractivity contribution in [3.8, 4) is 5.75 Å². The van der Waals surface area contributed by atoms with E-state index in [1.807, 2.05) is 0 Å². The summed E-state index contributed by atoms with van der Waals surface area (Å²) < 4.78 is 18.2. The molecule has 0 amide bonds. The SMILES string of the molecule is Fc1cccc(OC2CC2)c1Cl. The number of ether oxygens (including phenoxy) is 1. The van der Waals surface area contributed by atoms with E-state index in [-0.39, 0.29) is 11.1 Å². The summed E-state index contributed by atoms with van der Waals surface area (Å²) in [5.41, 5.74) is 0. The van der Waals surface area contributed by atoms with Crippen molar-refractivity contribution in [2.75, 3.05) is 0 Å². The van der Waals surface area contributed by atoms with Gasteiger partial charge in [0.05, 0.1) is 6.10 Å². The molecule has 0 saturated heterocycles. The van der Waals surface area contributed by atoms with E-state index in [9.17, 15) is 4.39 Å². The number of benzene rings is 1. The van der Waals surface area contributed by atoms with Crippen LogP contribution in [0.5, 0.6) is 5.75 Å². The molecule has 0 heterocycles. The molecule has 12 heavy (non-hydrogen) atoms. The monoisotopic (exact) mass is 186 g/mol. The van der Waals surface area contributed by atoms with Crippen LogP contribution in [0.1, 0.15) is 12.8 Å². The Morgan fingerprint density at radius 3 is 2.83 bits per heavy atom. The first-order valence-corrected chi connectivity index (χ1v) is 4.26. The Hall–Kier alpha value is -0.760. The lowest BCUT2D eigenvalue weighted by molar-refractivity contribution is 0.302. The van der Waals surface area contributed by atoms with E-state index in [4.69, 9.17) is 16.3 Å². The van der Waals surface area contributed by atoms with Crippen molar-refractivity contribution in [2.24, 2.45) is 0 Å². The predicted molar refractivity (Wildman–Crippen MR) is 45.1 cm³/mol. The third-order valence-electron chi connectivity index (χ3n) is 1.73. The largest absolute Gasteiger partial charge is 0.489 e. The lowest BCUT2D eigenvalue weighted by Gasteiger charge is -2.05. The van der Waals surface area contributed by atoms with Crippen molar-refractivity contribution in [3.05, 3.63) is 29.0 Å². The molecule has 2 rings (SSSR count). The molecule has 0 aliphatic heterocycles. The fourth-order valence-corrected chi connectivity index (χ4v) is 1.11. The van der Waals surface area contributed by atoms with Gasteiger partial charge in [-0.3, -0.25) is 0 Å². The molecule has 1 aromatic rings. The summed E-state index contributed by atoms with van der Waals surface area (Å²) in [7, 11) is 0. The van der Waals surface area contributed by atoms with Gasteiger partial charge in [0.25, 0.3) is 0 Å². The zero-order chi connectivity index (χ0) is 8.55. The molecule has 0 radical (unpaired) electrons. The Kier molecular flexibility index (Phi) is 1.93. The van der Waals surface area contributed by atoms with E-state index in [0.29, 0.717) is 5.75 Å². The highest BCUT2D eigenvalue weighted by molar-refractivity contribution is 6.32. The maximum Gasteiger partial charge on any atom is 0.145 e. The molecular weight excluding hydrogens is 179 g/mol. The first-order valence-electron chi connectivity index (χ1n) is 3.88. The molecule has 1 saturated carbocycles. The number of hydrogen-bond donors (Lipinski definition) is 0. The molecular formula is C9H8ClFO. The van der Waals surface area contributed by atoms with E-state index in [1.54, 1.807) is 12.1 Å². The molecule has 0 unspecified atom stereocenters. The highest BCUT2D eigenvalue weighted by atomic mass is 35.5. The van der Waals surface area contributed by atoms with Crippen LogP contribution in [0.2, 0.25) is 5.02 Å². The summed E-state index contributed by atoms with van der Waals surface area (Å²) in [6.07, 6.45) is 2.35. The van der Waals surface area contributed by atoms with Crippen LogP contribution in [-0.4, -0.2) is 6.10 Å². The van der Waals surface area contributed by atoms with E-state index >= 15 is 0 Å². The average Bonchev–Trinajstić information content (AvgIpc) is 2.83. The highest BCUT2D eigenvalue weighted by Crippen LogP contribution is 2.32. The molecule has 1 nitrogen and oxygen atoms in total. The van der Waals surface area contributed by atoms with Gasteiger partial charge in [0.15, 0.2) is 0 Å². The number of hydrogen-bond acceptors (Lipinski definition) is 1. The fourth-order valence-electron chi connectivity index (χ4n) is 0.940. The summed E-state index contributed by atoms with van der Waals surface area (Å²) in [5.74, 6) is 0.0361. The second kappa shape index (κ2) is 2.94. The van der Waals surface area contributed by atoms with Crippen molar-refractivity contribution >= 4 is 11.6 Å². The van der Waals surface area contributed by atoms with E-state index in [2.05, 4.69) is 0 Å². The maximum absolute atomic E-state index is 12.8. The molecule has 1 fully saturated rings. The molecule has 1 aromatic carbocycles. The Bertz CT molecular complexity index is 297. The van der Waals surface area contributed by atoms with Gasteiger partial charge in [-0.05, 0) is 25.0 Å². The van der Waals surface area contributed by atoms with Crippen LogP contribution < -0.4 is 4.74 Å². The molecule has 0 bridgehead atoms. The van der Waals surface area contributed by atoms with Gasteiger partial charge in [-0.2, -0.15) is 0 Å². The van der Waals surface area contributed by atoms with Crippen LogP contribution >= 0.6 is 11.6 Å². The van der Waals surface area contributed by atoms with Crippen LogP contribution in [0.15, 0.2) is 18.2 Å². The second-order valence-electron chi connectivity index (χ2n) is 2.87. The molecule has 0 aromatic heterocycles.